The van der Waals surface area contributed by atoms with Crippen LogP contribution in [0.25, 0.3) is 11.3 Å². The minimum Gasteiger partial charge on any atom is -0.360 e. The molecule has 6 heteroatoms. The van der Waals surface area contributed by atoms with Gasteiger partial charge in [0.05, 0.1) is 0 Å². The number of fused-ring (bicyclic) bond motifs is 1. The average Bonchev–Trinajstić information content (AvgIpc) is 2.87. The summed E-state index contributed by atoms with van der Waals surface area (Å²) in [6, 6.07) is 7.72. The van der Waals surface area contributed by atoms with Gasteiger partial charge in [0.25, 0.3) is 5.91 Å². The molecule has 0 unspecified atom stereocenters. The van der Waals surface area contributed by atoms with Gasteiger partial charge in [-0.05, 0) is 11.6 Å². The van der Waals surface area contributed by atoms with Crippen LogP contribution in [0, 0.1) is 0 Å². The maximum Gasteiger partial charge on any atom is 0.259 e. The van der Waals surface area contributed by atoms with Crippen molar-refractivity contribution in [1.29, 1.82) is 0 Å². The fourth-order valence-electron chi connectivity index (χ4n) is 2.32. The average molecular weight is 294 g/mol. The molecule has 0 radical (unpaired) electrons. The predicted octanol–water partition coefficient (Wildman–Crippen LogP) is 1.85. The van der Waals surface area contributed by atoms with Crippen LogP contribution < -0.4 is 5.73 Å². The second-order valence-electron chi connectivity index (χ2n) is 4.71. The van der Waals surface area contributed by atoms with E-state index in [9.17, 15) is 4.79 Å². The van der Waals surface area contributed by atoms with Gasteiger partial charge in [-0.1, -0.05) is 23.4 Å². The molecule has 2 aromatic rings. The second-order valence-corrected chi connectivity index (χ2v) is 4.71. The minimum atomic E-state index is -0.0318. The van der Waals surface area contributed by atoms with Gasteiger partial charge in [-0.25, -0.2) is 0 Å². The lowest BCUT2D eigenvalue weighted by molar-refractivity contribution is 0.0774. The molecule has 0 saturated carbocycles. The summed E-state index contributed by atoms with van der Waals surface area (Å²) in [5.74, 6) is 0.645. The van der Waals surface area contributed by atoms with Gasteiger partial charge in [0.2, 0.25) is 0 Å². The van der Waals surface area contributed by atoms with Gasteiger partial charge in [-0.15, -0.1) is 12.4 Å². The molecule has 1 amide bonds. The number of nitrogens with zero attached hydrogens (tertiary/aromatic N) is 2. The van der Waals surface area contributed by atoms with Crippen LogP contribution in [0.15, 0.2) is 28.8 Å². The van der Waals surface area contributed by atoms with Crippen LogP contribution in [-0.4, -0.2) is 29.6 Å². The Balaban J connectivity index is 0.00000147. The van der Waals surface area contributed by atoms with Crippen molar-refractivity contribution < 1.29 is 9.32 Å². The number of carbonyl (C=O) groups excluding carboxylic acids is 1. The highest BCUT2D eigenvalue weighted by Gasteiger charge is 2.30. The van der Waals surface area contributed by atoms with Gasteiger partial charge in [0.15, 0.2) is 5.76 Å². The Morgan fingerprint density at radius 2 is 2.25 bits per heavy atom. The molecule has 5 nitrogen and oxygen atoms in total. The van der Waals surface area contributed by atoms with Crippen molar-refractivity contribution in [3.05, 3.63) is 41.2 Å². The van der Waals surface area contributed by atoms with E-state index >= 15 is 0 Å². The Bertz CT molecular complexity index is 639. The maximum atomic E-state index is 12.2. The van der Waals surface area contributed by atoms with Gasteiger partial charge in [-0.2, -0.15) is 0 Å². The molecule has 1 aliphatic heterocycles. The van der Waals surface area contributed by atoms with Crippen LogP contribution >= 0.6 is 12.4 Å². The highest BCUT2D eigenvalue weighted by atomic mass is 35.5. The van der Waals surface area contributed by atoms with Crippen molar-refractivity contribution in [3.8, 4) is 11.3 Å². The van der Waals surface area contributed by atoms with Crippen molar-refractivity contribution in [2.24, 2.45) is 5.73 Å². The number of benzene rings is 1. The molecule has 0 spiro atoms. The van der Waals surface area contributed by atoms with Crippen LogP contribution in [-0.2, 0) is 13.0 Å². The highest BCUT2D eigenvalue weighted by molar-refractivity contribution is 6.01. The van der Waals surface area contributed by atoms with E-state index in [0.717, 1.165) is 11.1 Å². The van der Waals surface area contributed by atoms with Crippen molar-refractivity contribution in [3.63, 3.8) is 0 Å². The Hall–Kier alpha value is -1.85. The number of amides is 1. The van der Waals surface area contributed by atoms with E-state index in [1.807, 2.05) is 24.3 Å². The second kappa shape index (κ2) is 5.64. The van der Waals surface area contributed by atoms with Crippen LogP contribution in [0.4, 0.5) is 0 Å². The summed E-state index contributed by atoms with van der Waals surface area (Å²) in [6.07, 6.45) is 0.709. The van der Waals surface area contributed by atoms with Gasteiger partial charge in [-0.3, -0.25) is 4.79 Å². The standard InChI is InChI=1S/C14H15N3O2.ClH/c1-17-6-5-11-12(14(17)18)13(16-19-11)10-4-2-3-9(7-10)8-15;/h2-4,7H,5-6,8,15H2,1H3;1H. The first-order valence-corrected chi connectivity index (χ1v) is 6.24. The Morgan fingerprint density at radius 1 is 1.45 bits per heavy atom. The molecule has 0 atom stereocenters. The monoisotopic (exact) mass is 293 g/mol. The van der Waals surface area contributed by atoms with Crippen molar-refractivity contribution in [2.75, 3.05) is 13.6 Å². The summed E-state index contributed by atoms with van der Waals surface area (Å²) in [5.41, 5.74) is 8.72. The molecule has 1 aromatic carbocycles. The quantitative estimate of drug-likeness (QED) is 0.917. The third kappa shape index (κ3) is 2.30. The normalized spacial score (nSPS) is 13.9. The molecular weight excluding hydrogens is 278 g/mol. The lowest BCUT2D eigenvalue weighted by Gasteiger charge is -2.21. The van der Waals surface area contributed by atoms with E-state index in [1.165, 1.54) is 0 Å². The predicted molar refractivity (Wildman–Crippen MR) is 77.7 cm³/mol. The molecular formula is C14H16ClN3O2. The summed E-state index contributed by atoms with van der Waals surface area (Å²) in [7, 11) is 1.79. The summed E-state index contributed by atoms with van der Waals surface area (Å²) < 4.78 is 5.31. The van der Waals surface area contributed by atoms with Crippen LogP contribution in [0.2, 0.25) is 0 Å². The topological polar surface area (TPSA) is 72.4 Å². The fourth-order valence-corrected chi connectivity index (χ4v) is 2.32. The van der Waals surface area contributed by atoms with Crippen LogP contribution in [0.3, 0.4) is 0 Å². The van der Waals surface area contributed by atoms with E-state index in [1.54, 1.807) is 11.9 Å². The smallest absolute Gasteiger partial charge is 0.259 e. The zero-order valence-electron chi connectivity index (χ0n) is 11.1. The van der Waals surface area contributed by atoms with Crippen LogP contribution in [0.5, 0.6) is 0 Å². The number of hydrogen-bond donors (Lipinski definition) is 1. The number of hydrogen-bond acceptors (Lipinski definition) is 4. The van der Waals surface area contributed by atoms with E-state index in [0.29, 0.717) is 36.5 Å². The van der Waals surface area contributed by atoms with E-state index < -0.39 is 0 Å². The van der Waals surface area contributed by atoms with E-state index in [-0.39, 0.29) is 18.3 Å². The zero-order valence-corrected chi connectivity index (χ0v) is 11.9. The third-order valence-corrected chi connectivity index (χ3v) is 3.43. The first-order valence-electron chi connectivity index (χ1n) is 6.24. The molecule has 1 aromatic heterocycles. The van der Waals surface area contributed by atoms with Gasteiger partial charge >= 0.3 is 0 Å². The molecule has 1 aliphatic rings. The largest absolute Gasteiger partial charge is 0.360 e. The first kappa shape index (κ1) is 14.6. The Kier molecular flexibility index (Phi) is 4.11. The summed E-state index contributed by atoms with van der Waals surface area (Å²) >= 11 is 0. The lowest BCUT2D eigenvalue weighted by Crippen LogP contribution is -2.33. The molecule has 20 heavy (non-hydrogen) atoms. The number of nitrogens with two attached hydrogens (primary N) is 1. The van der Waals surface area contributed by atoms with Crippen molar-refractivity contribution >= 4 is 18.3 Å². The number of likely N-dealkylation sites (N-methyl/N-ethyl adjacent to an activating group) is 1. The molecule has 0 fully saturated rings. The lowest BCUT2D eigenvalue weighted by atomic mass is 10.00. The molecule has 106 valence electrons. The fraction of sp³-hybridized carbons (Fsp3) is 0.286. The minimum absolute atomic E-state index is 0. The SMILES string of the molecule is CN1CCc2onc(-c3cccc(CN)c3)c2C1=O.Cl. The Morgan fingerprint density at radius 3 is 3.00 bits per heavy atom. The van der Waals surface area contributed by atoms with Gasteiger partial charge < -0.3 is 15.2 Å². The highest BCUT2D eigenvalue weighted by Crippen LogP contribution is 2.29. The maximum absolute atomic E-state index is 12.2. The molecule has 0 bridgehead atoms. The number of carbonyl (C=O) groups is 1. The van der Waals surface area contributed by atoms with E-state index in [2.05, 4.69) is 5.16 Å². The number of aromatic nitrogens is 1. The molecule has 2 heterocycles. The van der Waals surface area contributed by atoms with Gasteiger partial charge in [0, 0.05) is 32.1 Å². The summed E-state index contributed by atoms with van der Waals surface area (Å²) in [5, 5.41) is 4.07. The molecule has 3 rings (SSSR count). The van der Waals surface area contributed by atoms with Crippen molar-refractivity contribution in [2.45, 2.75) is 13.0 Å². The number of halogens is 1. The number of rotatable bonds is 2. The first-order chi connectivity index (χ1) is 9.20. The van der Waals surface area contributed by atoms with Crippen LogP contribution in [0.1, 0.15) is 21.7 Å². The summed E-state index contributed by atoms with van der Waals surface area (Å²) in [6.45, 7) is 1.13. The molecule has 0 aliphatic carbocycles. The molecule has 2 N–H and O–H groups in total. The third-order valence-electron chi connectivity index (χ3n) is 3.43. The van der Waals surface area contributed by atoms with Gasteiger partial charge in [0.1, 0.15) is 11.3 Å². The zero-order chi connectivity index (χ0) is 13.4. The van der Waals surface area contributed by atoms with Crippen molar-refractivity contribution in [1.82, 2.24) is 10.1 Å². The molecule has 0 saturated heterocycles. The summed E-state index contributed by atoms with van der Waals surface area (Å²) in [4.78, 5) is 13.9. The van der Waals surface area contributed by atoms with E-state index in [4.69, 9.17) is 10.3 Å². The Labute approximate surface area is 123 Å².